The molecule has 1 rings (SSSR count). The third-order valence-corrected chi connectivity index (χ3v) is 3.18. The number of nitrogens with two attached hydrogens (primary N) is 1. The molecule has 0 saturated carbocycles. The molecule has 0 aliphatic carbocycles. The fourth-order valence-corrected chi connectivity index (χ4v) is 1.57. The molecule has 104 valence electrons. The van der Waals surface area contributed by atoms with Gasteiger partial charge in [-0.1, -0.05) is 13.8 Å². The van der Waals surface area contributed by atoms with E-state index in [4.69, 9.17) is 10.8 Å². The molecule has 0 aliphatic heterocycles. The Balaban J connectivity index is 2.95. The van der Waals surface area contributed by atoms with Crippen LogP contribution in [-0.4, -0.2) is 22.5 Å². The Bertz CT molecular complexity index is 499. The molecule has 19 heavy (non-hydrogen) atoms. The van der Waals surface area contributed by atoms with Gasteiger partial charge in [0, 0.05) is 0 Å². The van der Waals surface area contributed by atoms with E-state index in [-0.39, 0.29) is 11.3 Å². The molecule has 5 nitrogen and oxygen atoms in total. The third kappa shape index (κ3) is 3.29. The maximum absolute atomic E-state index is 13.6. The maximum Gasteiger partial charge on any atom is 0.335 e. The van der Waals surface area contributed by atoms with Crippen molar-refractivity contribution >= 4 is 17.6 Å². The maximum atomic E-state index is 13.6. The molecule has 0 unspecified atom stereocenters. The largest absolute Gasteiger partial charge is 0.478 e. The van der Waals surface area contributed by atoms with Gasteiger partial charge in [0.2, 0.25) is 5.91 Å². The number of carbonyl (C=O) groups excluding carboxylic acids is 1. The van der Waals surface area contributed by atoms with Gasteiger partial charge in [0.05, 0.1) is 16.8 Å². The Kier molecular flexibility index (Phi) is 4.61. The van der Waals surface area contributed by atoms with Crippen LogP contribution in [0, 0.1) is 5.82 Å². The minimum absolute atomic E-state index is 0.0771. The van der Waals surface area contributed by atoms with Gasteiger partial charge in [-0.05, 0) is 31.0 Å². The number of amides is 1. The number of benzene rings is 1. The second kappa shape index (κ2) is 5.79. The van der Waals surface area contributed by atoms with Crippen molar-refractivity contribution in [1.29, 1.82) is 0 Å². The number of halogens is 1. The van der Waals surface area contributed by atoms with Gasteiger partial charge in [-0.15, -0.1) is 0 Å². The van der Waals surface area contributed by atoms with Crippen molar-refractivity contribution in [3.63, 3.8) is 0 Å². The zero-order valence-electron chi connectivity index (χ0n) is 10.9. The molecule has 0 spiro atoms. The Morgan fingerprint density at radius 2 is 1.95 bits per heavy atom. The minimum Gasteiger partial charge on any atom is -0.478 e. The lowest BCUT2D eigenvalue weighted by Crippen LogP contribution is -2.50. The van der Waals surface area contributed by atoms with Crippen molar-refractivity contribution in [3.05, 3.63) is 29.6 Å². The number of carbonyl (C=O) groups is 2. The molecule has 1 amide bonds. The number of nitrogens with one attached hydrogen (secondary N) is 1. The number of hydrogen-bond acceptors (Lipinski definition) is 3. The highest BCUT2D eigenvalue weighted by atomic mass is 19.1. The first-order valence-corrected chi connectivity index (χ1v) is 5.97. The second-order valence-corrected chi connectivity index (χ2v) is 4.32. The Morgan fingerprint density at radius 3 is 2.37 bits per heavy atom. The van der Waals surface area contributed by atoms with Crippen LogP contribution in [0.4, 0.5) is 10.1 Å². The van der Waals surface area contributed by atoms with E-state index in [1.54, 1.807) is 13.8 Å². The van der Waals surface area contributed by atoms with E-state index in [0.717, 1.165) is 6.07 Å². The Hall–Kier alpha value is -1.95. The van der Waals surface area contributed by atoms with Crippen LogP contribution in [0.5, 0.6) is 0 Å². The lowest BCUT2D eigenvalue weighted by Gasteiger charge is -2.25. The molecule has 6 heteroatoms. The summed E-state index contributed by atoms with van der Waals surface area (Å²) in [6, 6.07) is 3.29. The van der Waals surface area contributed by atoms with Crippen LogP contribution in [0.3, 0.4) is 0 Å². The van der Waals surface area contributed by atoms with Gasteiger partial charge >= 0.3 is 5.97 Å². The summed E-state index contributed by atoms with van der Waals surface area (Å²) in [5, 5.41) is 11.1. The average molecular weight is 268 g/mol. The number of aromatic carboxylic acids is 1. The van der Waals surface area contributed by atoms with Crippen molar-refractivity contribution in [2.45, 2.75) is 32.2 Å². The zero-order valence-corrected chi connectivity index (χ0v) is 10.9. The summed E-state index contributed by atoms with van der Waals surface area (Å²) in [5.74, 6) is -2.52. The van der Waals surface area contributed by atoms with Crippen LogP contribution in [0.2, 0.25) is 0 Å². The van der Waals surface area contributed by atoms with Crippen molar-refractivity contribution < 1.29 is 19.1 Å². The monoisotopic (exact) mass is 268 g/mol. The van der Waals surface area contributed by atoms with Crippen LogP contribution < -0.4 is 11.1 Å². The molecule has 0 bridgehead atoms. The number of anilines is 1. The third-order valence-electron chi connectivity index (χ3n) is 3.18. The molecule has 0 radical (unpaired) electrons. The number of hydrogen-bond donors (Lipinski definition) is 3. The molecule has 0 heterocycles. The van der Waals surface area contributed by atoms with Crippen molar-refractivity contribution in [3.8, 4) is 0 Å². The molecular formula is C13H17FN2O3. The Labute approximate surface area is 110 Å². The number of carboxylic acid groups (broad SMARTS) is 1. The van der Waals surface area contributed by atoms with Gasteiger partial charge in [-0.3, -0.25) is 4.79 Å². The highest BCUT2D eigenvalue weighted by molar-refractivity contribution is 5.98. The van der Waals surface area contributed by atoms with Gasteiger partial charge in [0.1, 0.15) is 5.82 Å². The normalized spacial score (nSPS) is 11.2. The van der Waals surface area contributed by atoms with E-state index < -0.39 is 23.2 Å². The predicted octanol–water partition coefficient (Wildman–Crippen LogP) is 1.98. The smallest absolute Gasteiger partial charge is 0.335 e. The van der Waals surface area contributed by atoms with Crippen LogP contribution >= 0.6 is 0 Å². The molecule has 4 N–H and O–H groups in total. The first-order valence-electron chi connectivity index (χ1n) is 5.97. The van der Waals surface area contributed by atoms with Gasteiger partial charge in [0.25, 0.3) is 0 Å². The molecule has 0 fully saturated rings. The van der Waals surface area contributed by atoms with Crippen LogP contribution in [-0.2, 0) is 4.79 Å². The molecule has 0 atom stereocenters. The molecule has 0 aromatic heterocycles. The Morgan fingerprint density at radius 1 is 1.37 bits per heavy atom. The summed E-state index contributed by atoms with van der Waals surface area (Å²) >= 11 is 0. The summed E-state index contributed by atoms with van der Waals surface area (Å²) in [6.45, 7) is 3.54. The first kappa shape index (κ1) is 15.1. The lowest BCUT2D eigenvalue weighted by molar-refractivity contribution is -0.121. The fraction of sp³-hybridized carbons (Fsp3) is 0.385. The van der Waals surface area contributed by atoms with Crippen molar-refractivity contribution in [1.82, 2.24) is 0 Å². The highest BCUT2D eigenvalue weighted by Gasteiger charge is 2.30. The lowest BCUT2D eigenvalue weighted by atomic mass is 9.93. The zero-order chi connectivity index (χ0) is 14.6. The van der Waals surface area contributed by atoms with E-state index in [1.165, 1.54) is 12.1 Å². The molecule has 1 aromatic carbocycles. The summed E-state index contributed by atoms with van der Waals surface area (Å²) in [4.78, 5) is 22.6. The van der Waals surface area contributed by atoms with Gasteiger partial charge in [-0.25, -0.2) is 9.18 Å². The van der Waals surface area contributed by atoms with Gasteiger partial charge < -0.3 is 16.2 Å². The fourth-order valence-electron chi connectivity index (χ4n) is 1.57. The van der Waals surface area contributed by atoms with E-state index in [0.29, 0.717) is 12.8 Å². The summed E-state index contributed by atoms with van der Waals surface area (Å²) in [5.41, 5.74) is 4.57. The summed E-state index contributed by atoms with van der Waals surface area (Å²) in [7, 11) is 0. The van der Waals surface area contributed by atoms with Crippen molar-refractivity contribution in [2.24, 2.45) is 5.73 Å². The van der Waals surface area contributed by atoms with E-state index in [1.807, 2.05) is 0 Å². The highest BCUT2D eigenvalue weighted by Crippen LogP contribution is 2.19. The van der Waals surface area contributed by atoms with E-state index >= 15 is 0 Å². The quantitative estimate of drug-likeness (QED) is 0.761. The number of carboxylic acids is 1. The van der Waals surface area contributed by atoms with Gasteiger partial charge in [-0.2, -0.15) is 0 Å². The molecule has 0 aliphatic rings. The van der Waals surface area contributed by atoms with Crippen LogP contribution in [0.15, 0.2) is 18.2 Å². The van der Waals surface area contributed by atoms with Gasteiger partial charge in [0.15, 0.2) is 0 Å². The second-order valence-electron chi connectivity index (χ2n) is 4.32. The summed E-state index contributed by atoms with van der Waals surface area (Å²) in [6.07, 6.45) is 0.842. The van der Waals surface area contributed by atoms with E-state index in [9.17, 15) is 14.0 Å². The topological polar surface area (TPSA) is 92.4 Å². The van der Waals surface area contributed by atoms with E-state index in [2.05, 4.69) is 5.32 Å². The average Bonchev–Trinajstić information content (AvgIpc) is 2.39. The molecular weight excluding hydrogens is 251 g/mol. The summed E-state index contributed by atoms with van der Waals surface area (Å²) < 4.78 is 13.6. The van der Waals surface area contributed by atoms with Crippen LogP contribution in [0.25, 0.3) is 0 Å². The molecule has 0 saturated heterocycles. The minimum atomic E-state index is -1.23. The van der Waals surface area contributed by atoms with Crippen molar-refractivity contribution in [2.75, 3.05) is 5.32 Å². The number of rotatable bonds is 5. The first-order chi connectivity index (χ1) is 8.84. The van der Waals surface area contributed by atoms with Crippen LogP contribution in [0.1, 0.15) is 37.0 Å². The SMILES string of the molecule is CCC(N)(CC)C(=O)Nc1ccc(C(=O)O)cc1F. The molecule has 1 aromatic rings. The predicted molar refractivity (Wildman–Crippen MR) is 69.5 cm³/mol. The standard InChI is InChI=1S/C13H17FN2O3/c1-3-13(15,4-2)12(19)16-10-6-5-8(11(17)18)7-9(10)14/h5-7H,3-4,15H2,1-2H3,(H,16,19)(H,17,18).